The van der Waals surface area contributed by atoms with Gasteiger partial charge in [-0.25, -0.2) is 4.68 Å². The zero-order valence-corrected chi connectivity index (χ0v) is 12.0. The molecular formula is C15H20N4O. The number of nitrogen functional groups attached to an aromatic ring is 1. The molecule has 1 fully saturated rings. The smallest absolute Gasteiger partial charge is 0.0689 e. The summed E-state index contributed by atoms with van der Waals surface area (Å²) in [5.74, 6) is 0. The van der Waals surface area contributed by atoms with Crippen LogP contribution in [0, 0.1) is 13.8 Å². The maximum Gasteiger partial charge on any atom is 0.0689 e. The second-order valence-corrected chi connectivity index (χ2v) is 5.22. The SMILES string of the molecule is Cc1cc(C)n(-c2cc(N)cc(N3CCOCC3)c2)n1. The topological polar surface area (TPSA) is 56.3 Å². The second-order valence-electron chi connectivity index (χ2n) is 5.22. The standard InChI is InChI=1S/C15H20N4O/c1-11-7-12(2)19(17-11)15-9-13(16)8-14(10-15)18-3-5-20-6-4-18/h7-10H,3-6,16H2,1-2H3. The molecule has 20 heavy (non-hydrogen) atoms. The zero-order valence-electron chi connectivity index (χ0n) is 12.0. The van der Waals surface area contributed by atoms with Crippen LogP contribution in [-0.4, -0.2) is 36.1 Å². The maximum atomic E-state index is 6.06. The summed E-state index contributed by atoms with van der Waals surface area (Å²) in [7, 11) is 0. The number of anilines is 2. The van der Waals surface area contributed by atoms with Gasteiger partial charge in [-0.2, -0.15) is 5.10 Å². The fraction of sp³-hybridized carbons (Fsp3) is 0.400. The Morgan fingerprint density at radius 2 is 1.75 bits per heavy atom. The van der Waals surface area contributed by atoms with E-state index in [0.717, 1.165) is 54.8 Å². The van der Waals surface area contributed by atoms with Crippen molar-refractivity contribution in [1.82, 2.24) is 9.78 Å². The van der Waals surface area contributed by atoms with Crippen LogP contribution in [-0.2, 0) is 4.74 Å². The van der Waals surface area contributed by atoms with Crippen molar-refractivity contribution in [3.8, 4) is 5.69 Å². The van der Waals surface area contributed by atoms with E-state index in [1.54, 1.807) is 0 Å². The van der Waals surface area contributed by atoms with E-state index in [2.05, 4.69) is 29.1 Å². The molecule has 0 unspecified atom stereocenters. The average molecular weight is 272 g/mol. The lowest BCUT2D eigenvalue weighted by Crippen LogP contribution is -2.36. The Labute approximate surface area is 118 Å². The number of nitrogens with zero attached hydrogens (tertiary/aromatic N) is 3. The Kier molecular flexibility index (Phi) is 3.36. The van der Waals surface area contributed by atoms with Crippen molar-refractivity contribution in [3.63, 3.8) is 0 Å². The lowest BCUT2D eigenvalue weighted by molar-refractivity contribution is 0.122. The van der Waals surface area contributed by atoms with Crippen molar-refractivity contribution < 1.29 is 4.74 Å². The number of hydrogen-bond donors (Lipinski definition) is 1. The molecule has 1 aliphatic heterocycles. The van der Waals surface area contributed by atoms with Crippen LogP contribution in [0.15, 0.2) is 24.3 Å². The summed E-state index contributed by atoms with van der Waals surface area (Å²) in [4.78, 5) is 2.30. The van der Waals surface area contributed by atoms with E-state index >= 15 is 0 Å². The summed E-state index contributed by atoms with van der Waals surface area (Å²) < 4.78 is 7.34. The molecule has 0 spiro atoms. The van der Waals surface area contributed by atoms with Gasteiger partial charge in [0.2, 0.25) is 0 Å². The van der Waals surface area contributed by atoms with Crippen molar-refractivity contribution >= 4 is 11.4 Å². The van der Waals surface area contributed by atoms with Crippen LogP contribution in [0.4, 0.5) is 11.4 Å². The Hall–Kier alpha value is -2.01. The van der Waals surface area contributed by atoms with Gasteiger partial charge < -0.3 is 15.4 Å². The normalized spacial score (nSPS) is 15.6. The predicted octanol–water partition coefficient (Wildman–Crippen LogP) is 1.91. The highest BCUT2D eigenvalue weighted by atomic mass is 16.5. The van der Waals surface area contributed by atoms with Crippen molar-refractivity contribution in [2.24, 2.45) is 0 Å². The second kappa shape index (κ2) is 5.17. The number of morpholine rings is 1. The first kappa shape index (κ1) is 13.0. The van der Waals surface area contributed by atoms with Crippen LogP contribution < -0.4 is 10.6 Å². The number of nitrogens with two attached hydrogens (primary N) is 1. The molecule has 0 bridgehead atoms. The fourth-order valence-corrected chi connectivity index (χ4v) is 2.63. The molecule has 1 aromatic carbocycles. The van der Waals surface area contributed by atoms with E-state index in [9.17, 15) is 0 Å². The van der Waals surface area contributed by atoms with E-state index in [1.807, 2.05) is 23.7 Å². The third-order valence-electron chi connectivity index (χ3n) is 3.56. The summed E-state index contributed by atoms with van der Waals surface area (Å²) in [6, 6.07) is 8.18. The summed E-state index contributed by atoms with van der Waals surface area (Å²) in [5, 5.41) is 4.53. The Morgan fingerprint density at radius 1 is 1.05 bits per heavy atom. The van der Waals surface area contributed by atoms with Crippen molar-refractivity contribution in [2.45, 2.75) is 13.8 Å². The van der Waals surface area contributed by atoms with Crippen molar-refractivity contribution in [2.75, 3.05) is 36.9 Å². The molecule has 1 aromatic heterocycles. The first-order valence-electron chi connectivity index (χ1n) is 6.90. The third kappa shape index (κ3) is 2.49. The molecular weight excluding hydrogens is 252 g/mol. The van der Waals surface area contributed by atoms with Crippen molar-refractivity contribution in [3.05, 3.63) is 35.7 Å². The minimum absolute atomic E-state index is 0.761. The van der Waals surface area contributed by atoms with Crippen LogP contribution >= 0.6 is 0 Å². The van der Waals surface area contributed by atoms with E-state index in [4.69, 9.17) is 10.5 Å². The molecule has 0 atom stereocenters. The molecule has 0 amide bonds. The predicted molar refractivity (Wildman–Crippen MR) is 80.5 cm³/mol. The van der Waals surface area contributed by atoms with E-state index in [0.29, 0.717) is 0 Å². The van der Waals surface area contributed by atoms with Crippen LogP contribution in [0.25, 0.3) is 5.69 Å². The number of ether oxygens (including phenoxy) is 1. The molecule has 0 aliphatic carbocycles. The summed E-state index contributed by atoms with van der Waals surface area (Å²) in [6.45, 7) is 7.39. The molecule has 2 aromatic rings. The molecule has 1 saturated heterocycles. The largest absolute Gasteiger partial charge is 0.399 e. The molecule has 3 rings (SSSR count). The summed E-state index contributed by atoms with van der Waals surface area (Å²) in [6.07, 6.45) is 0. The molecule has 0 saturated carbocycles. The maximum absolute atomic E-state index is 6.06. The van der Waals surface area contributed by atoms with Gasteiger partial charge in [-0.05, 0) is 38.1 Å². The first-order chi connectivity index (χ1) is 9.63. The minimum atomic E-state index is 0.761. The van der Waals surface area contributed by atoms with Gasteiger partial charge in [0.25, 0.3) is 0 Å². The Bertz CT molecular complexity index is 614. The van der Waals surface area contributed by atoms with E-state index in [-0.39, 0.29) is 0 Å². The fourth-order valence-electron chi connectivity index (χ4n) is 2.63. The lowest BCUT2D eigenvalue weighted by Gasteiger charge is -2.29. The number of aryl methyl sites for hydroxylation is 2. The average Bonchev–Trinajstić information content (AvgIpc) is 2.78. The minimum Gasteiger partial charge on any atom is -0.399 e. The van der Waals surface area contributed by atoms with Gasteiger partial charge in [0.05, 0.1) is 24.6 Å². The highest BCUT2D eigenvalue weighted by molar-refractivity contribution is 5.63. The van der Waals surface area contributed by atoms with Crippen molar-refractivity contribution in [1.29, 1.82) is 0 Å². The number of rotatable bonds is 2. The van der Waals surface area contributed by atoms with Gasteiger partial charge in [0.15, 0.2) is 0 Å². The molecule has 5 heteroatoms. The first-order valence-corrected chi connectivity index (χ1v) is 6.90. The number of benzene rings is 1. The van der Waals surface area contributed by atoms with Gasteiger partial charge in [0, 0.05) is 30.2 Å². The molecule has 2 N–H and O–H groups in total. The molecule has 5 nitrogen and oxygen atoms in total. The highest BCUT2D eigenvalue weighted by Crippen LogP contribution is 2.24. The van der Waals surface area contributed by atoms with Crippen LogP contribution in [0.1, 0.15) is 11.4 Å². The lowest BCUT2D eigenvalue weighted by atomic mass is 10.2. The van der Waals surface area contributed by atoms with E-state index < -0.39 is 0 Å². The van der Waals surface area contributed by atoms with Crippen LogP contribution in [0.5, 0.6) is 0 Å². The van der Waals surface area contributed by atoms with Crippen LogP contribution in [0.3, 0.4) is 0 Å². The monoisotopic (exact) mass is 272 g/mol. The van der Waals surface area contributed by atoms with Gasteiger partial charge in [-0.1, -0.05) is 0 Å². The highest BCUT2D eigenvalue weighted by Gasteiger charge is 2.13. The zero-order chi connectivity index (χ0) is 14.1. The van der Waals surface area contributed by atoms with E-state index in [1.165, 1.54) is 0 Å². The van der Waals surface area contributed by atoms with Gasteiger partial charge in [-0.3, -0.25) is 0 Å². The van der Waals surface area contributed by atoms with Gasteiger partial charge in [0.1, 0.15) is 0 Å². The molecule has 2 heterocycles. The summed E-state index contributed by atoms with van der Waals surface area (Å²) >= 11 is 0. The van der Waals surface area contributed by atoms with Gasteiger partial charge in [-0.15, -0.1) is 0 Å². The number of hydrogen-bond acceptors (Lipinski definition) is 4. The molecule has 1 aliphatic rings. The van der Waals surface area contributed by atoms with Gasteiger partial charge >= 0.3 is 0 Å². The molecule has 106 valence electrons. The third-order valence-corrected chi connectivity index (χ3v) is 3.56. The number of aromatic nitrogens is 2. The van der Waals surface area contributed by atoms with Crippen LogP contribution in [0.2, 0.25) is 0 Å². The Morgan fingerprint density at radius 3 is 2.40 bits per heavy atom. The molecule has 0 radical (unpaired) electrons. The summed E-state index contributed by atoms with van der Waals surface area (Å²) in [5.41, 5.74) is 11.1. The Balaban J connectivity index is 1.99. The quantitative estimate of drug-likeness (QED) is 0.848.